The van der Waals surface area contributed by atoms with Crippen LogP contribution in [0.15, 0.2) is 60.7 Å². The van der Waals surface area contributed by atoms with Crippen LogP contribution < -0.4 is 5.32 Å². The number of nitrogens with zero attached hydrogens (tertiary/aromatic N) is 1. The second-order valence-corrected chi connectivity index (χ2v) is 4.87. The quantitative estimate of drug-likeness (QED) is 0.911. The highest BCUT2D eigenvalue weighted by molar-refractivity contribution is 5.77. The summed E-state index contributed by atoms with van der Waals surface area (Å²) in [7, 11) is 0. The maximum absolute atomic E-state index is 12.0. The molecule has 0 fully saturated rings. The molecule has 3 heteroatoms. The number of nitriles is 1. The van der Waals surface area contributed by atoms with Gasteiger partial charge in [0.1, 0.15) is 5.54 Å². The molecule has 3 nitrogen and oxygen atoms in total. The molecule has 0 aliphatic carbocycles. The van der Waals surface area contributed by atoms with Crippen molar-refractivity contribution in [1.82, 2.24) is 5.32 Å². The molecule has 0 aliphatic heterocycles. The summed E-state index contributed by atoms with van der Waals surface area (Å²) in [6, 6.07) is 21.5. The first-order valence-electron chi connectivity index (χ1n) is 7.02. The summed E-state index contributed by atoms with van der Waals surface area (Å²) < 4.78 is 0. The summed E-state index contributed by atoms with van der Waals surface area (Å²) in [5.41, 5.74) is 1.03. The topological polar surface area (TPSA) is 52.9 Å². The van der Waals surface area contributed by atoms with E-state index in [0.29, 0.717) is 6.42 Å². The zero-order valence-corrected chi connectivity index (χ0v) is 12.0. The van der Waals surface area contributed by atoms with Crippen molar-refractivity contribution in [3.05, 3.63) is 71.8 Å². The van der Waals surface area contributed by atoms with E-state index < -0.39 is 5.54 Å². The highest BCUT2D eigenvalue weighted by Gasteiger charge is 2.35. The van der Waals surface area contributed by atoms with E-state index in [1.54, 1.807) is 0 Å². The van der Waals surface area contributed by atoms with Gasteiger partial charge in [0.05, 0.1) is 12.5 Å². The van der Waals surface area contributed by atoms with Gasteiger partial charge in [-0.1, -0.05) is 67.6 Å². The Bertz CT molecular complexity index is 590. The van der Waals surface area contributed by atoms with Crippen LogP contribution in [0.1, 0.15) is 30.9 Å². The predicted octanol–water partition coefficient (Wildman–Crippen LogP) is 3.37. The molecule has 0 saturated heterocycles. The van der Waals surface area contributed by atoms with Gasteiger partial charge in [-0.15, -0.1) is 0 Å². The number of hydrogen-bond acceptors (Lipinski definition) is 2. The summed E-state index contributed by atoms with van der Waals surface area (Å²) in [5, 5.41) is 12.4. The van der Waals surface area contributed by atoms with Crippen LogP contribution in [0.3, 0.4) is 0 Å². The average Bonchev–Trinajstić information content (AvgIpc) is 2.56. The molecular weight excluding hydrogens is 260 g/mol. The maximum atomic E-state index is 12.0. The lowest BCUT2D eigenvalue weighted by molar-refractivity contribution is -0.122. The molecule has 0 bridgehead atoms. The summed E-state index contributed by atoms with van der Waals surface area (Å²) >= 11 is 0. The third kappa shape index (κ3) is 3.11. The van der Waals surface area contributed by atoms with E-state index in [0.717, 1.165) is 11.1 Å². The van der Waals surface area contributed by atoms with Gasteiger partial charge >= 0.3 is 0 Å². The van der Waals surface area contributed by atoms with Crippen LogP contribution >= 0.6 is 0 Å². The molecule has 106 valence electrons. The molecule has 1 N–H and O–H groups in total. The lowest BCUT2D eigenvalue weighted by Gasteiger charge is -2.34. The predicted molar refractivity (Wildman–Crippen MR) is 82.3 cm³/mol. The number of hydrogen-bond donors (Lipinski definition) is 1. The van der Waals surface area contributed by atoms with E-state index in [2.05, 4.69) is 11.4 Å². The Kier molecular flexibility index (Phi) is 4.73. The molecule has 1 amide bonds. The van der Waals surface area contributed by atoms with Crippen molar-refractivity contribution in [3.63, 3.8) is 0 Å². The lowest BCUT2D eigenvalue weighted by atomic mass is 9.80. The first-order chi connectivity index (χ1) is 10.2. The van der Waals surface area contributed by atoms with Gasteiger partial charge in [-0.3, -0.25) is 4.79 Å². The molecule has 0 heterocycles. The first-order valence-corrected chi connectivity index (χ1v) is 7.02. The zero-order chi connectivity index (χ0) is 15.1. The lowest BCUT2D eigenvalue weighted by Crippen LogP contribution is -2.46. The van der Waals surface area contributed by atoms with E-state index in [-0.39, 0.29) is 12.3 Å². The molecule has 0 radical (unpaired) electrons. The molecule has 0 atom stereocenters. The fraction of sp³-hybridized carbons (Fsp3) is 0.222. The van der Waals surface area contributed by atoms with Crippen molar-refractivity contribution in [2.75, 3.05) is 0 Å². The summed E-state index contributed by atoms with van der Waals surface area (Å²) in [5.74, 6) is -0.0713. The number of carbonyl (C=O) groups is 1. The van der Waals surface area contributed by atoms with Crippen LogP contribution in [0.4, 0.5) is 0 Å². The second kappa shape index (κ2) is 6.71. The van der Waals surface area contributed by atoms with E-state index >= 15 is 0 Å². The highest BCUT2D eigenvalue weighted by Crippen LogP contribution is 2.33. The van der Waals surface area contributed by atoms with Crippen molar-refractivity contribution >= 4 is 5.91 Å². The molecule has 0 aliphatic rings. The van der Waals surface area contributed by atoms with Crippen LogP contribution in [0.5, 0.6) is 0 Å². The van der Waals surface area contributed by atoms with Crippen molar-refractivity contribution in [2.24, 2.45) is 0 Å². The Balaban J connectivity index is 2.60. The van der Waals surface area contributed by atoms with Crippen LogP contribution in [0, 0.1) is 11.3 Å². The molecule has 2 aromatic rings. The minimum Gasteiger partial charge on any atom is -0.341 e. The number of nitrogens with one attached hydrogen (secondary N) is 1. The third-order valence-electron chi connectivity index (χ3n) is 3.55. The van der Waals surface area contributed by atoms with E-state index in [1.807, 2.05) is 67.6 Å². The van der Waals surface area contributed by atoms with Crippen LogP contribution in [-0.4, -0.2) is 5.91 Å². The summed E-state index contributed by atoms with van der Waals surface area (Å²) in [6.45, 7) is 1.81. The van der Waals surface area contributed by atoms with E-state index in [1.165, 1.54) is 0 Å². The molecule has 0 unspecified atom stereocenters. The van der Waals surface area contributed by atoms with Gasteiger partial charge in [0.2, 0.25) is 5.91 Å². The third-order valence-corrected chi connectivity index (χ3v) is 3.55. The molecule has 0 saturated carbocycles. The van der Waals surface area contributed by atoms with Crippen molar-refractivity contribution in [1.29, 1.82) is 5.26 Å². The van der Waals surface area contributed by atoms with Gasteiger partial charge in [-0.25, -0.2) is 0 Å². The van der Waals surface area contributed by atoms with E-state index in [4.69, 9.17) is 0 Å². The van der Waals surface area contributed by atoms with Gasteiger partial charge in [0.25, 0.3) is 0 Å². The van der Waals surface area contributed by atoms with Crippen LogP contribution in [0.25, 0.3) is 0 Å². The van der Waals surface area contributed by atoms with E-state index in [9.17, 15) is 10.1 Å². The SMILES string of the molecule is CCC(=O)NC(CC#N)(c1ccccc1)c1ccccc1. The Hall–Kier alpha value is -2.60. The Morgan fingerprint density at radius 1 is 1.05 bits per heavy atom. The Labute approximate surface area is 125 Å². The van der Waals surface area contributed by atoms with Crippen molar-refractivity contribution in [3.8, 4) is 6.07 Å². The molecule has 2 rings (SSSR count). The standard InChI is InChI=1S/C18H18N2O/c1-2-17(21)20-18(13-14-19,15-9-5-3-6-10-15)16-11-7-4-8-12-16/h3-12H,2,13H2,1H3,(H,20,21). The van der Waals surface area contributed by atoms with Gasteiger partial charge in [-0.2, -0.15) is 5.26 Å². The van der Waals surface area contributed by atoms with Gasteiger partial charge in [-0.05, 0) is 11.1 Å². The fourth-order valence-electron chi connectivity index (χ4n) is 2.45. The van der Waals surface area contributed by atoms with Gasteiger partial charge in [0, 0.05) is 6.42 Å². The normalized spacial score (nSPS) is 10.7. The maximum Gasteiger partial charge on any atom is 0.220 e. The van der Waals surface area contributed by atoms with Gasteiger partial charge in [0.15, 0.2) is 0 Å². The minimum atomic E-state index is -0.801. The largest absolute Gasteiger partial charge is 0.341 e. The summed E-state index contributed by atoms with van der Waals surface area (Å²) in [6.07, 6.45) is 0.569. The average molecular weight is 278 g/mol. The second-order valence-electron chi connectivity index (χ2n) is 4.87. The summed E-state index contributed by atoms with van der Waals surface area (Å²) in [4.78, 5) is 12.0. The Morgan fingerprint density at radius 2 is 1.52 bits per heavy atom. The van der Waals surface area contributed by atoms with Crippen molar-refractivity contribution < 1.29 is 4.79 Å². The number of rotatable bonds is 5. The molecule has 21 heavy (non-hydrogen) atoms. The zero-order valence-electron chi connectivity index (χ0n) is 12.0. The Morgan fingerprint density at radius 3 is 1.90 bits per heavy atom. The monoisotopic (exact) mass is 278 g/mol. The molecule has 0 spiro atoms. The highest BCUT2D eigenvalue weighted by atomic mass is 16.1. The first kappa shape index (κ1) is 14.8. The minimum absolute atomic E-state index is 0.0713. The van der Waals surface area contributed by atoms with Crippen LogP contribution in [-0.2, 0) is 10.3 Å². The smallest absolute Gasteiger partial charge is 0.220 e. The van der Waals surface area contributed by atoms with Gasteiger partial charge < -0.3 is 5.32 Å². The molecule has 2 aromatic carbocycles. The number of amides is 1. The number of carbonyl (C=O) groups excluding carboxylic acids is 1. The van der Waals surface area contributed by atoms with Crippen LogP contribution in [0.2, 0.25) is 0 Å². The molecular formula is C18H18N2O. The number of benzene rings is 2. The fourth-order valence-corrected chi connectivity index (χ4v) is 2.45. The molecule has 0 aromatic heterocycles. The van der Waals surface area contributed by atoms with Crippen molar-refractivity contribution in [2.45, 2.75) is 25.3 Å².